The number of aryl methyl sites for hydroxylation is 1. The van der Waals surface area contributed by atoms with Crippen LogP contribution in [0.3, 0.4) is 0 Å². The Balaban J connectivity index is 2.02. The Hall–Kier alpha value is -2.21. The minimum absolute atomic E-state index is 0.405. The molecule has 0 atom stereocenters. The highest BCUT2D eigenvalue weighted by Crippen LogP contribution is 2.25. The van der Waals surface area contributed by atoms with E-state index in [1.807, 2.05) is 37.3 Å². The van der Waals surface area contributed by atoms with Gasteiger partial charge in [0.2, 0.25) is 5.95 Å². The minimum Gasteiger partial charge on any atom is -0.382 e. The Labute approximate surface area is 108 Å². The largest absolute Gasteiger partial charge is 0.382 e. The predicted octanol–water partition coefficient (Wildman–Crippen LogP) is 2.72. The van der Waals surface area contributed by atoms with Crippen LogP contribution in [0, 0.1) is 6.92 Å². The Bertz CT molecular complexity index is 692. The molecule has 6 heteroatoms. The van der Waals surface area contributed by atoms with Gasteiger partial charge in [-0.25, -0.2) is 4.98 Å². The second kappa shape index (κ2) is 4.23. The molecule has 0 saturated carbocycles. The summed E-state index contributed by atoms with van der Waals surface area (Å²) in [4.78, 5) is 13.7. The zero-order valence-electron chi connectivity index (χ0n) is 9.71. The second-order valence-corrected chi connectivity index (χ2v) is 4.99. The first-order valence-corrected chi connectivity index (χ1v) is 6.27. The van der Waals surface area contributed by atoms with Gasteiger partial charge >= 0.3 is 0 Å². The molecule has 90 valence electrons. The van der Waals surface area contributed by atoms with Crippen molar-refractivity contribution in [2.24, 2.45) is 0 Å². The fraction of sp³-hybridized carbons (Fsp3) is 0.0833. The molecule has 5 nitrogen and oxygen atoms in total. The average Bonchev–Trinajstić information content (AvgIpc) is 2.72. The van der Waals surface area contributed by atoms with E-state index in [4.69, 9.17) is 5.73 Å². The molecule has 0 aliphatic heterocycles. The monoisotopic (exact) mass is 257 g/mol. The van der Waals surface area contributed by atoms with Gasteiger partial charge in [-0.15, -0.1) is 0 Å². The summed E-state index contributed by atoms with van der Waals surface area (Å²) in [5.74, 6) is 0.901. The summed E-state index contributed by atoms with van der Waals surface area (Å²) >= 11 is 1.51. The number of nitrogens with one attached hydrogen (secondary N) is 1. The van der Waals surface area contributed by atoms with Crippen molar-refractivity contribution in [1.82, 2.24) is 15.0 Å². The number of para-hydroxylation sites is 1. The molecule has 0 radical (unpaired) electrons. The standard InChI is InChI=1S/C12H11N5S/c1-7-14-9-10(13)16-12(17-11(9)18-7)15-8-5-3-2-4-6-8/h2-6H,1H3,(H3,13,15,16,17). The number of hydrogen-bond donors (Lipinski definition) is 2. The summed E-state index contributed by atoms with van der Waals surface area (Å²) in [6.07, 6.45) is 0. The molecule has 0 saturated heterocycles. The molecule has 0 aliphatic carbocycles. The Morgan fingerprint density at radius 3 is 2.67 bits per heavy atom. The van der Waals surface area contributed by atoms with Crippen molar-refractivity contribution in [2.75, 3.05) is 11.1 Å². The van der Waals surface area contributed by atoms with Crippen LogP contribution in [-0.2, 0) is 0 Å². The zero-order chi connectivity index (χ0) is 12.5. The number of rotatable bonds is 2. The molecule has 0 amide bonds. The first kappa shape index (κ1) is 10.9. The van der Waals surface area contributed by atoms with Crippen LogP contribution in [0.15, 0.2) is 30.3 Å². The lowest BCUT2D eigenvalue weighted by Gasteiger charge is -2.04. The molecule has 0 spiro atoms. The van der Waals surface area contributed by atoms with E-state index in [1.54, 1.807) is 0 Å². The van der Waals surface area contributed by atoms with Crippen molar-refractivity contribution in [2.45, 2.75) is 6.92 Å². The third-order valence-electron chi connectivity index (χ3n) is 2.42. The highest BCUT2D eigenvalue weighted by molar-refractivity contribution is 7.18. The van der Waals surface area contributed by atoms with Crippen LogP contribution in [0.1, 0.15) is 5.01 Å². The summed E-state index contributed by atoms with van der Waals surface area (Å²) in [7, 11) is 0. The number of benzene rings is 1. The van der Waals surface area contributed by atoms with Crippen molar-refractivity contribution in [3.8, 4) is 0 Å². The van der Waals surface area contributed by atoms with E-state index in [2.05, 4.69) is 20.3 Å². The fourth-order valence-corrected chi connectivity index (χ4v) is 2.45. The zero-order valence-corrected chi connectivity index (χ0v) is 10.5. The molecule has 0 aliphatic rings. The molecular weight excluding hydrogens is 246 g/mol. The molecule has 2 aromatic heterocycles. The van der Waals surface area contributed by atoms with Crippen LogP contribution in [0.4, 0.5) is 17.5 Å². The van der Waals surface area contributed by atoms with Gasteiger partial charge in [-0.05, 0) is 19.1 Å². The first-order chi connectivity index (χ1) is 8.72. The van der Waals surface area contributed by atoms with E-state index < -0.39 is 0 Å². The van der Waals surface area contributed by atoms with Crippen LogP contribution >= 0.6 is 11.3 Å². The van der Waals surface area contributed by atoms with Crippen LogP contribution < -0.4 is 11.1 Å². The molecule has 3 aromatic rings. The van der Waals surface area contributed by atoms with Crippen LogP contribution in [0.5, 0.6) is 0 Å². The summed E-state index contributed by atoms with van der Waals surface area (Å²) in [6.45, 7) is 1.93. The Morgan fingerprint density at radius 1 is 1.11 bits per heavy atom. The number of thiazole rings is 1. The number of anilines is 3. The first-order valence-electron chi connectivity index (χ1n) is 5.45. The fourth-order valence-electron chi connectivity index (χ4n) is 1.65. The van der Waals surface area contributed by atoms with Gasteiger partial charge in [-0.2, -0.15) is 9.97 Å². The van der Waals surface area contributed by atoms with Gasteiger partial charge in [-0.1, -0.05) is 29.5 Å². The number of nitrogens with zero attached hydrogens (tertiary/aromatic N) is 3. The number of nitrogen functional groups attached to an aromatic ring is 1. The van der Waals surface area contributed by atoms with Gasteiger partial charge < -0.3 is 11.1 Å². The quantitative estimate of drug-likeness (QED) is 0.738. The normalized spacial score (nSPS) is 10.7. The molecule has 18 heavy (non-hydrogen) atoms. The highest BCUT2D eigenvalue weighted by atomic mass is 32.1. The lowest BCUT2D eigenvalue weighted by Crippen LogP contribution is -2.00. The summed E-state index contributed by atoms with van der Waals surface area (Å²) in [6, 6.07) is 9.74. The number of fused-ring (bicyclic) bond motifs is 1. The van der Waals surface area contributed by atoms with Crippen LogP contribution in [0.25, 0.3) is 10.3 Å². The summed E-state index contributed by atoms with van der Waals surface area (Å²) in [5, 5.41) is 4.06. The van der Waals surface area contributed by atoms with Crippen molar-refractivity contribution >= 4 is 39.1 Å². The van der Waals surface area contributed by atoms with Crippen molar-refractivity contribution in [3.63, 3.8) is 0 Å². The van der Waals surface area contributed by atoms with E-state index in [0.29, 0.717) is 17.3 Å². The number of nitrogens with two attached hydrogens (primary N) is 1. The maximum Gasteiger partial charge on any atom is 0.230 e. The molecule has 0 bridgehead atoms. The topological polar surface area (TPSA) is 76.7 Å². The summed E-state index contributed by atoms with van der Waals surface area (Å²) < 4.78 is 0. The minimum atomic E-state index is 0.405. The van der Waals surface area contributed by atoms with Gasteiger partial charge in [0.25, 0.3) is 0 Å². The summed E-state index contributed by atoms with van der Waals surface area (Å²) in [5.41, 5.74) is 7.48. The van der Waals surface area contributed by atoms with Gasteiger partial charge in [0.05, 0.1) is 5.01 Å². The average molecular weight is 257 g/mol. The molecule has 3 rings (SSSR count). The van der Waals surface area contributed by atoms with E-state index in [1.165, 1.54) is 11.3 Å². The van der Waals surface area contributed by atoms with E-state index in [-0.39, 0.29) is 0 Å². The molecular formula is C12H11N5S. The smallest absolute Gasteiger partial charge is 0.230 e. The van der Waals surface area contributed by atoms with Crippen LogP contribution in [-0.4, -0.2) is 15.0 Å². The molecule has 2 heterocycles. The van der Waals surface area contributed by atoms with Crippen molar-refractivity contribution in [1.29, 1.82) is 0 Å². The second-order valence-electron chi connectivity index (χ2n) is 3.81. The van der Waals surface area contributed by atoms with Crippen LogP contribution in [0.2, 0.25) is 0 Å². The van der Waals surface area contributed by atoms with E-state index >= 15 is 0 Å². The third kappa shape index (κ3) is 1.98. The highest BCUT2D eigenvalue weighted by Gasteiger charge is 2.09. The predicted molar refractivity (Wildman–Crippen MR) is 74.1 cm³/mol. The van der Waals surface area contributed by atoms with Gasteiger partial charge in [0.15, 0.2) is 10.6 Å². The Morgan fingerprint density at radius 2 is 1.89 bits per heavy atom. The lowest BCUT2D eigenvalue weighted by molar-refractivity contribution is 1.21. The van der Waals surface area contributed by atoms with E-state index in [0.717, 1.165) is 15.5 Å². The van der Waals surface area contributed by atoms with Gasteiger partial charge in [-0.3, -0.25) is 0 Å². The van der Waals surface area contributed by atoms with Crippen molar-refractivity contribution in [3.05, 3.63) is 35.3 Å². The molecule has 0 unspecified atom stereocenters. The third-order valence-corrected chi connectivity index (χ3v) is 3.29. The maximum absolute atomic E-state index is 5.88. The Kier molecular flexibility index (Phi) is 2.56. The van der Waals surface area contributed by atoms with E-state index in [9.17, 15) is 0 Å². The molecule has 3 N–H and O–H groups in total. The SMILES string of the molecule is Cc1nc2c(N)nc(Nc3ccccc3)nc2s1. The van der Waals surface area contributed by atoms with Gasteiger partial charge in [0, 0.05) is 5.69 Å². The molecule has 1 aromatic carbocycles. The van der Waals surface area contributed by atoms with Crippen molar-refractivity contribution < 1.29 is 0 Å². The number of aromatic nitrogens is 3. The van der Waals surface area contributed by atoms with Gasteiger partial charge in [0.1, 0.15) is 5.52 Å². The lowest BCUT2D eigenvalue weighted by atomic mass is 10.3. The molecule has 0 fully saturated rings. The number of hydrogen-bond acceptors (Lipinski definition) is 6. The maximum atomic E-state index is 5.88.